The number of aromatic nitrogens is 1. The first-order valence-corrected chi connectivity index (χ1v) is 3.35. The second-order valence-electron chi connectivity index (χ2n) is 2.25. The maximum Gasteiger partial charge on any atom is 0.251 e. The number of H-pyrrole nitrogens is 1. The average molecular weight is 158 g/mol. The average Bonchev–Trinajstić information content (AvgIpc) is 1.84. The van der Waals surface area contributed by atoms with Crippen LogP contribution in [0, 0.1) is 13.8 Å². The quantitative estimate of drug-likeness (QED) is 0.610. The molecule has 0 aromatic carbocycles. The molecule has 0 aliphatic heterocycles. The fourth-order valence-electron chi connectivity index (χ4n) is 0.692. The summed E-state index contributed by atoms with van der Waals surface area (Å²) in [5.41, 5.74) is 1.30. The molecule has 3 heteroatoms. The normalized spacial score (nSPS) is 9.90. The standard InChI is InChI=1S/C7H8ClNO/c1-4-3-6(8)5(2)9-7(4)10/h3H,1-2H3,(H,9,10). The topological polar surface area (TPSA) is 32.9 Å². The minimum Gasteiger partial charge on any atom is -0.325 e. The Morgan fingerprint density at radius 3 is 2.60 bits per heavy atom. The van der Waals surface area contributed by atoms with Crippen molar-refractivity contribution in [1.29, 1.82) is 0 Å². The summed E-state index contributed by atoms with van der Waals surface area (Å²) in [7, 11) is 0. The summed E-state index contributed by atoms with van der Waals surface area (Å²) in [6.07, 6.45) is 0. The van der Waals surface area contributed by atoms with Crippen LogP contribution in [-0.2, 0) is 0 Å². The van der Waals surface area contributed by atoms with Crippen molar-refractivity contribution in [3.05, 3.63) is 32.7 Å². The van der Waals surface area contributed by atoms with Gasteiger partial charge in [-0.3, -0.25) is 4.79 Å². The van der Waals surface area contributed by atoms with Gasteiger partial charge in [-0.15, -0.1) is 0 Å². The number of aromatic amines is 1. The van der Waals surface area contributed by atoms with Gasteiger partial charge >= 0.3 is 0 Å². The Morgan fingerprint density at radius 2 is 2.10 bits per heavy atom. The Balaban J connectivity index is 3.43. The Labute approximate surface area is 63.8 Å². The van der Waals surface area contributed by atoms with Crippen molar-refractivity contribution in [3.8, 4) is 0 Å². The molecule has 0 unspecified atom stereocenters. The van der Waals surface area contributed by atoms with Crippen molar-refractivity contribution in [1.82, 2.24) is 4.98 Å². The molecule has 0 saturated heterocycles. The highest BCUT2D eigenvalue weighted by atomic mass is 35.5. The van der Waals surface area contributed by atoms with Gasteiger partial charge in [0.15, 0.2) is 0 Å². The van der Waals surface area contributed by atoms with E-state index < -0.39 is 0 Å². The lowest BCUT2D eigenvalue weighted by atomic mass is 10.3. The van der Waals surface area contributed by atoms with Crippen LogP contribution in [0.2, 0.25) is 5.02 Å². The SMILES string of the molecule is Cc1[nH]c(=O)c(C)cc1Cl. The Morgan fingerprint density at radius 1 is 1.50 bits per heavy atom. The molecule has 0 atom stereocenters. The minimum atomic E-state index is -0.0677. The third kappa shape index (κ3) is 1.21. The summed E-state index contributed by atoms with van der Waals surface area (Å²) < 4.78 is 0. The molecule has 1 aromatic rings. The maximum absolute atomic E-state index is 10.9. The van der Waals surface area contributed by atoms with E-state index in [0.717, 1.165) is 5.69 Å². The van der Waals surface area contributed by atoms with Gasteiger partial charge in [-0.05, 0) is 19.9 Å². The van der Waals surface area contributed by atoms with Gasteiger partial charge < -0.3 is 4.98 Å². The second-order valence-corrected chi connectivity index (χ2v) is 2.66. The fraction of sp³-hybridized carbons (Fsp3) is 0.286. The molecule has 0 aliphatic carbocycles. The van der Waals surface area contributed by atoms with E-state index in [-0.39, 0.29) is 5.56 Å². The number of hydrogen-bond donors (Lipinski definition) is 1. The molecule has 0 amide bonds. The first kappa shape index (κ1) is 7.35. The molecule has 0 radical (unpaired) electrons. The van der Waals surface area contributed by atoms with E-state index in [1.165, 1.54) is 0 Å². The van der Waals surface area contributed by atoms with Crippen molar-refractivity contribution in [2.45, 2.75) is 13.8 Å². The molecule has 1 rings (SSSR count). The summed E-state index contributed by atoms with van der Waals surface area (Å²) >= 11 is 5.72. The zero-order valence-electron chi connectivity index (χ0n) is 5.86. The van der Waals surface area contributed by atoms with Crippen LogP contribution in [0.25, 0.3) is 0 Å². The van der Waals surface area contributed by atoms with Gasteiger partial charge in [-0.25, -0.2) is 0 Å². The van der Waals surface area contributed by atoms with Gasteiger partial charge in [-0.1, -0.05) is 11.6 Å². The van der Waals surface area contributed by atoms with Crippen molar-refractivity contribution in [3.63, 3.8) is 0 Å². The van der Waals surface area contributed by atoms with Crippen molar-refractivity contribution >= 4 is 11.6 Å². The highest BCUT2D eigenvalue weighted by Gasteiger charge is 1.97. The van der Waals surface area contributed by atoms with Crippen LogP contribution < -0.4 is 5.56 Å². The van der Waals surface area contributed by atoms with E-state index in [1.54, 1.807) is 19.9 Å². The van der Waals surface area contributed by atoms with E-state index in [9.17, 15) is 4.79 Å². The lowest BCUT2D eigenvalue weighted by Crippen LogP contribution is -2.09. The summed E-state index contributed by atoms with van der Waals surface area (Å²) in [6.45, 7) is 3.49. The fourth-order valence-corrected chi connectivity index (χ4v) is 0.903. The van der Waals surface area contributed by atoms with E-state index in [0.29, 0.717) is 10.6 Å². The highest BCUT2D eigenvalue weighted by Crippen LogP contribution is 2.10. The molecule has 0 fully saturated rings. The third-order valence-electron chi connectivity index (χ3n) is 1.36. The van der Waals surface area contributed by atoms with Gasteiger partial charge in [-0.2, -0.15) is 0 Å². The summed E-state index contributed by atoms with van der Waals surface area (Å²) in [4.78, 5) is 13.5. The first-order valence-electron chi connectivity index (χ1n) is 2.97. The van der Waals surface area contributed by atoms with E-state index >= 15 is 0 Å². The van der Waals surface area contributed by atoms with Crippen LogP contribution in [0.3, 0.4) is 0 Å². The largest absolute Gasteiger partial charge is 0.325 e. The van der Waals surface area contributed by atoms with Gasteiger partial charge in [0.05, 0.1) is 5.02 Å². The van der Waals surface area contributed by atoms with Gasteiger partial charge in [0.25, 0.3) is 5.56 Å². The predicted molar refractivity (Wildman–Crippen MR) is 41.5 cm³/mol. The number of nitrogens with one attached hydrogen (secondary N) is 1. The molecule has 0 spiro atoms. The van der Waals surface area contributed by atoms with Crippen LogP contribution in [0.1, 0.15) is 11.3 Å². The summed E-state index contributed by atoms with van der Waals surface area (Å²) in [5.74, 6) is 0. The monoisotopic (exact) mass is 157 g/mol. The molecule has 54 valence electrons. The predicted octanol–water partition coefficient (Wildman–Crippen LogP) is 1.65. The number of aryl methyl sites for hydroxylation is 2. The first-order chi connectivity index (χ1) is 4.61. The molecular formula is C7H8ClNO. The number of halogens is 1. The van der Waals surface area contributed by atoms with Crippen molar-refractivity contribution < 1.29 is 0 Å². The molecule has 0 bridgehead atoms. The molecule has 1 aromatic heterocycles. The summed E-state index contributed by atoms with van der Waals surface area (Å²) in [5, 5.41) is 0.608. The molecule has 0 aliphatic rings. The zero-order chi connectivity index (χ0) is 7.72. The Bertz CT molecular complexity index is 303. The van der Waals surface area contributed by atoms with E-state index in [4.69, 9.17) is 11.6 Å². The Kier molecular flexibility index (Phi) is 1.81. The van der Waals surface area contributed by atoms with Crippen molar-refractivity contribution in [2.24, 2.45) is 0 Å². The van der Waals surface area contributed by atoms with Crippen LogP contribution in [-0.4, -0.2) is 4.98 Å². The summed E-state index contributed by atoms with van der Waals surface area (Å²) in [6, 6.07) is 1.66. The highest BCUT2D eigenvalue weighted by molar-refractivity contribution is 6.31. The van der Waals surface area contributed by atoms with Crippen LogP contribution >= 0.6 is 11.6 Å². The second kappa shape index (κ2) is 2.46. The van der Waals surface area contributed by atoms with Crippen LogP contribution in [0.4, 0.5) is 0 Å². The van der Waals surface area contributed by atoms with Gasteiger partial charge in [0.1, 0.15) is 0 Å². The Hall–Kier alpha value is -0.760. The van der Waals surface area contributed by atoms with Gasteiger partial charge in [0, 0.05) is 11.3 Å². The molecular weight excluding hydrogens is 150 g/mol. The van der Waals surface area contributed by atoms with E-state index in [2.05, 4.69) is 4.98 Å². The minimum absolute atomic E-state index is 0.0677. The van der Waals surface area contributed by atoms with E-state index in [1.807, 2.05) is 0 Å². The number of rotatable bonds is 0. The number of hydrogen-bond acceptors (Lipinski definition) is 1. The number of pyridine rings is 1. The maximum atomic E-state index is 10.9. The van der Waals surface area contributed by atoms with Crippen LogP contribution in [0.5, 0.6) is 0 Å². The zero-order valence-corrected chi connectivity index (χ0v) is 6.62. The van der Waals surface area contributed by atoms with Gasteiger partial charge in [0.2, 0.25) is 0 Å². The molecule has 1 N–H and O–H groups in total. The molecule has 2 nitrogen and oxygen atoms in total. The van der Waals surface area contributed by atoms with Crippen molar-refractivity contribution in [2.75, 3.05) is 0 Å². The lowest BCUT2D eigenvalue weighted by molar-refractivity contribution is 1.11. The third-order valence-corrected chi connectivity index (χ3v) is 1.75. The van der Waals surface area contributed by atoms with Crippen LogP contribution in [0.15, 0.2) is 10.9 Å². The lowest BCUT2D eigenvalue weighted by Gasteiger charge is -1.96. The molecule has 10 heavy (non-hydrogen) atoms. The molecule has 1 heterocycles. The smallest absolute Gasteiger partial charge is 0.251 e. The molecule has 0 saturated carbocycles.